The van der Waals surface area contributed by atoms with Crippen LogP contribution in [0, 0.1) is 0 Å². The first-order valence-corrected chi connectivity index (χ1v) is 5.34. The summed E-state index contributed by atoms with van der Waals surface area (Å²) in [5, 5.41) is 11.2. The predicted molar refractivity (Wildman–Crippen MR) is 59.4 cm³/mol. The number of nitrogens with one attached hydrogen (secondary N) is 1. The second-order valence-electron chi connectivity index (χ2n) is 3.63. The summed E-state index contributed by atoms with van der Waals surface area (Å²) in [6.07, 6.45) is 5.43. The molecule has 2 aromatic heterocycles. The number of hydrogen-bond donors (Lipinski definition) is 1. The number of nitrogens with zero attached hydrogens (tertiary/aromatic N) is 5. The van der Waals surface area contributed by atoms with Crippen molar-refractivity contribution in [1.29, 1.82) is 0 Å². The van der Waals surface area contributed by atoms with Crippen LogP contribution in [0.1, 0.15) is 18.4 Å². The molecule has 0 amide bonds. The lowest BCUT2D eigenvalue weighted by Gasteiger charge is -2.06. The highest BCUT2D eigenvalue weighted by Crippen LogP contribution is 1.99. The lowest BCUT2D eigenvalue weighted by Crippen LogP contribution is -2.17. The zero-order valence-electron chi connectivity index (χ0n) is 9.59. The number of imidazole rings is 1. The Hall–Kier alpha value is -1.69. The average molecular weight is 220 g/mol. The highest BCUT2D eigenvalue weighted by Gasteiger charge is 2.02. The smallest absolute Gasteiger partial charge is 0.146 e. The number of rotatable bonds is 5. The molecule has 2 aromatic rings. The second-order valence-corrected chi connectivity index (χ2v) is 3.63. The average Bonchev–Trinajstić information content (AvgIpc) is 2.88. The molecular formula is C10H16N6. The first kappa shape index (κ1) is 10.8. The van der Waals surface area contributed by atoms with E-state index in [1.165, 1.54) is 5.69 Å². The molecule has 0 aliphatic heterocycles. The Balaban J connectivity index is 1.87. The Bertz CT molecular complexity index is 444. The van der Waals surface area contributed by atoms with Crippen molar-refractivity contribution in [1.82, 2.24) is 29.6 Å². The van der Waals surface area contributed by atoms with Gasteiger partial charge in [-0.15, -0.1) is 10.2 Å². The van der Waals surface area contributed by atoms with Crippen molar-refractivity contribution >= 4 is 0 Å². The standard InChI is InChI=1S/C10H16N6/c1-3-16-7-12-5-9(16)4-11-6-10-14-13-8-15(10)2/h5,7-8,11H,3-4,6H2,1-2H3. The van der Waals surface area contributed by atoms with E-state index in [4.69, 9.17) is 0 Å². The summed E-state index contributed by atoms with van der Waals surface area (Å²) in [5.41, 5.74) is 1.18. The molecule has 16 heavy (non-hydrogen) atoms. The fourth-order valence-electron chi connectivity index (χ4n) is 1.55. The molecule has 0 aliphatic rings. The molecule has 0 bridgehead atoms. The van der Waals surface area contributed by atoms with Gasteiger partial charge in [0.15, 0.2) is 0 Å². The maximum Gasteiger partial charge on any atom is 0.146 e. The van der Waals surface area contributed by atoms with E-state index in [1.807, 2.05) is 24.1 Å². The highest BCUT2D eigenvalue weighted by atomic mass is 15.3. The summed E-state index contributed by atoms with van der Waals surface area (Å²) in [6.45, 7) is 4.56. The summed E-state index contributed by atoms with van der Waals surface area (Å²) in [7, 11) is 1.94. The van der Waals surface area contributed by atoms with Crippen LogP contribution >= 0.6 is 0 Å². The van der Waals surface area contributed by atoms with Gasteiger partial charge >= 0.3 is 0 Å². The Kier molecular flexibility index (Phi) is 3.31. The van der Waals surface area contributed by atoms with Gasteiger partial charge < -0.3 is 14.5 Å². The minimum atomic E-state index is 0.714. The summed E-state index contributed by atoms with van der Waals surface area (Å²) < 4.78 is 4.02. The van der Waals surface area contributed by atoms with Crippen molar-refractivity contribution < 1.29 is 0 Å². The zero-order valence-corrected chi connectivity index (χ0v) is 9.59. The number of aromatic nitrogens is 5. The van der Waals surface area contributed by atoms with Crippen LogP contribution in [0.3, 0.4) is 0 Å². The molecule has 0 unspecified atom stereocenters. The van der Waals surface area contributed by atoms with E-state index in [0.717, 1.165) is 18.9 Å². The van der Waals surface area contributed by atoms with Crippen LogP contribution in [-0.2, 0) is 26.7 Å². The number of hydrogen-bond acceptors (Lipinski definition) is 4. The molecule has 0 aliphatic carbocycles. The van der Waals surface area contributed by atoms with Gasteiger partial charge in [0.2, 0.25) is 0 Å². The summed E-state index contributed by atoms with van der Waals surface area (Å²) in [6, 6.07) is 0. The molecule has 0 atom stereocenters. The van der Waals surface area contributed by atoms with Crippen LogP contribution in [0.4, 0.5) is 0 Å². The van der Waals surface area contributed by atoms with Gasteiger partial charge in [0.25, 0.3) is 0 Å². The van der Waals surface area contributed by atoms with Crippen LogP contribution in [0.15, 0.2) is 18.9 Å². The zero-order chi connectivity index (χ0) is 11.4. The summed E-state index contributed by atoms with van der Waals surface area (Å²) >= 11 is 0. The van der Waals surface area contributed by atoms with E-state index in [2.05, 4.69) is 32.0 Å². The molecule has 0 radical (unpaired) electrons. The Morgan fingerprint density at radius 1 is 1.31 bits per heavy atom. The Labute approximate surface area is 94.3 Å². The van der Waals surface area contributed by atoms with Crippen molar-refractivity contribution in [3.05, 3.63) is 30.4 Å². The van der Waals surface area contributed by atoms with E-state index < -0.39 is 0 Å². The molecule has 0 saturated carbocycles. The SMILES string of the molecule is CCn1cncc1CNCc1nncn1C. The Morgan fingerprint density at radius 2 is 2.19 bits per heavy atom. The highest BCUT2D eigenvalue weighted by molar-refractivity contribution is 4.98. The van der Waals surface area contributed by atoms with Gasteiger partial charge in [0.05, 0.1) is 18.6 Å². The van der Waals surface area contributed by atoms with Crippen molar-refractivity contribution in [2.75, 3.05) is 0 Å². The summed E-state index contributed by atoms with van der Waals surface area (Å²) in [4.78, 5) is 4.12. The summed E-state index contributed by atoms with van der Waals surface area (Å²) in [5.74, 6) is 0.933. The molecular weight excluding hydrogens is 204 g/mol. The predicted octanol–water partition coefficient (Wildman–Crippen LogP) is 0.321. The van der Waals surface area contributed by atoms with Crippen molar-refractivity contribution in [2.24, 2.45) is 7.05 Å². The molecule has 0 fully saturated rings. The van der Waals surface area contributed by atoms with E-state index in [0.29, 0.717) is 6.54 Å². The van der Waals surface area contributed by atoms with Gasteiger partial charge in [0.1, 0.15) is 12.2 Å². The van der Waals surface area contributed by atoms with E-state index in [9.17, 15) is 0 Å². The van der Waals surface area contributed by atoms with Gasteiger partial charge in [-0.25, -0.2) is 4.98 Å². The first-order chi connectivity index (χ1) is 7.81. The minimum absolute atomic E-state index is 0.714. The molecule has 2 heterocycles. The monoisotopic (exact) mass is 220 g/mol. The molecule has 0 spiro atoms. The second kappa shape index (κ2) is 4.89. The maximum absolute atomic E-state index is 4.12. The topological polar surface area (TPSA) is 60.6 Å². The van der Waals surface area contributed by atoms with Crippen LogP contribution in [0.25, 0.3) is 0 Å². The third-order valence-corrected chi connectivity index (χ3v) is 2.53. The molecule has 6 heteroatoms. The molecule has 2 rings (SSSR count). The van der Waals surface area contributed by atoms with E-state index in [1.54, 1.807) is 6.33 Å². The molecule has 0 saturated heterocycles. The minimum Gasteiger partial charge on any atom is -0.334 e. The van der Waals surface area contributed by atoms with Gasteiger partial charge in [-0.3, -0.25) is 0 Å². The number of aryl methyl sites for hydroxylation is 2. The fourth-order valence-corrected chi connectivity index (χ4v) is 1.55. The fraction of sp³-hybridized carbons (Fsp3) is 0.500. The van der Waals surface area contributed by atoms with Gasteiger partial charge in [0, 0.05) is 26.3 Å². The lowest BCUT2D eigenvalue weighted by atomic mass is 10.4. The lowest BCUT2D eigenvalue weighted by molar-refractivity contribution is 0.600. The van der Waals surface area contributed by atoms with Gasteiger partial charge in [-0.1, -0.05) is 0 Å². The van der Waals surface area contributed by atoms with E-state index in [-0.39, 0.29) is 0 Å². The Morgan fingerprint density at radius 3 is 2.88 bits per heavy atom. The van der Waals surface area contributed by atoms with Crippen LogP contribution in [-0.4, -0.2) is 24.3 Å². The third kappa shape index (κ3) is 2.27. The van der Waals surface area contributed by atoms with Crippen LogP contribution in [0.2, 0.25) is 0 Å². The molecule has 6 nitrogen and oxygen atoms in total. The quantitative estimate of drug-likeness (QED) is 0.788. The van der Waals surface area contributed by atoms with E-state index >= 15 is 0 Å². The normalized spacial score (nSPS) is 10.9. The molecule has 1 N–H and O–H groups in total. The van der Waals surface area contributed by atoms with Gasteiger partial charge in [-0.05, 0) is 6.92 Å². The van der Waals surface area contributed by atoms with Crippen molar-refractivity contribution in [3.8, 4) is 0 Å². The van der Waals surface area contributed by atoms with Crippen molar-refractivity contribution in [3.63, 3.8) is 0 Å². The third-order valence-electron chi connectivity index (χ3n) is 2.53. The largest absolute Gasteiger partial charge is 0.334 e. The maximum atomic E-state index is 4.12. The van der Waals surface area contributed by atoms with Gasteiger partial charge in [-0.2, -0.15) is 0 Å². The first-order valence-electron chi connectivity index (χ1n) is 5.34. The van der Waals surface area contributed by atoms with Crippen molar-refractivity contribution in [2.45, 2.75) is 26.6 Å². The molecule has 86 valence electrons. The molecule has 0 aromatic carbocycles. The van der Waals surface area contributed by atoms with Crippen LogP contribution in [0.5, 0.6) is 0 Å². The van der Waals surface area contributed by atoms with Crippen LogP contribution < -0.4 is 5.32 Å².